The Kier molecular flexibility index (Phi) is 7.37. The third-order valence-corrected chi connectivity index (χ3v) is 5.62. The van der Waals surface area contributed by atoms with Crippen molar-refractivity contribution in [3.8, 4) is 0 Å². The lowest BCUT2D eigenvalue weighted by Crippen LogP contribution is -2.11. The van der Waals surface area contributed by atoms with Crippen molar-refractivity contribution in [2.24, 2.45) is 0 Å². The molecule has 0 radical (unpaired) electrons. The molecule has 0 aliphatic heterocycles. The van der Waals surface area contributed by atoms with Gasteiger partial charge in [0.05, 0.1) is 12.2 Å². The molecule has 0 spiro atoms. The number of carbonyl (C=O) groups excluding carboxylic acids is 3. The van der Waals surface area contributed by atoms with Crippen LogP contribution in [0, 0.1) is 13.8 Å². The summed E-state index contributed by atoms with van der Waals surface area (Å²) in [5, 5.41) is 11.1. The van der Waals surface area contributed by atoms with E-state index in [4.69, 9.17) is 9.47 Å². The van der Waals surface area contributed by atoms with Gasteiger partial charge in [-0.3, -0.25) is 4.79 Å². The van der Waals surface area contributed by atoms with Crippen molar-refractivity contribution in [3.63, 3.8) is 0 Å². The largest absolute Gasteiger partial charge is 0.462 e. The highest BCUT2D eigenvalue weighted by molar-refractivity contribution is 7.13. The third kappa shape index (κ3) is 5.20. The molecule has 0 aliphatic carbocycles. The summed E-state index contributed by atoms with van der Waals surface area (Å²) in [4.78, 5) is 39.8. The molecular formula is C22H24N4O5S. The summed E-state index contributed by atoms with van der Waals surface area (Å²) in [6, 6.07) is 7.54. The molecule has 2 N–H and O–H groups in total. The number of H-pyrrole nitrogens is 1. The maximum Gasteiger partial charge on any atom is 0.355 e. The average molecular weight is 457 g/mol. The normalized spacial score (nSPS) is 10.6. The van der Waals surface area contributed by atoms with Gasteiger partial charge in [0, 0.05) is 11.4 Å². The molecule has 9 nitrogen and oxygen atoms in total. The molecule has 168 valence electrons. The van der Waals surface area contributed by atoms with E-state index in [1.807, 2.05) is 24.3 Å². The smallest absolute Gasteiger partial charge is 0.355 e. The minimum atomic E-state index is -0.640. The molecule has 1 amide bonds. The summed E-state index contributed by atoms with van der Waals surface area (Å²) in [6.45, 7) is 7.18. The second-order valence-electron chi connectivity index (χ2n) is 6.93. The van der Waals surface area contributed by atoms with E-state index in [0.717, 1.165) is 17.8 Å². The molecule has 0 bridgehead atoms. The fourth-order valence-corrected chi connectivity index (χ4v) is 3.72. The summed E-state index contributed by atoms with van der Waals surface area (Å²) in [6.07, 6.45) is 0.915. The number of hydrogen-bond donors (Lipinski definition) is 2. The van der Waals surface area contributed by atoms with E-state index in [1.165, 1.54) is 5.56 Å². The lowest BCUT2D eigenvalue weighted by molar-refractivity contribution is 0.0464. The minimum absolute atomic E-state index is 0.152. The molecule has 0 saturated heterocycles. The summed E-state index contributed by atoms with van der Waals surface area (Å²) in [7, 11) is 0. The van der Waals surface area contributed by atoms with E-state index in [2.05, 4.69) is 27.4 Å². The number of nitrogens with one attached hydrogen (secondary N) is 2. The molecule has 2 aromatic heterocycles. The first kappa shape index (κ1) is 23.1. The molecule has 3 rings (SSSR count). The van der Waals surface area contributed by atoms with Crippen molar-refractivity contribution in [2.75, 3.05) is 11.9 Å². The minimum Gasteiger partial charge on any atom is -0.462 e. The molecular weight excluding hydrogens is 432 g/mol. The van der Waals surface area contributed by atoms with Gasteiger partial charge in [0.15, 0.2) is 5.01 Å². The topological polar surface area (TPSA) is 123 Å². The van der Waals surface area contributed by atoms with Crippen LogP contribution in [0.3, 0.4) is 0 Å². The molecule has 0 fully saturated rings. The summed E-state index contributed by atoms with van der Waals surface area (Å²) >= 11 is 1.03. The SMILES string of the molecule is CCOC(=O)c1c(C)[nH]c(C(=O)OCc2nnc(C(=O)Nc3ccc(CC)cc3)s2)c1C. The van der Waals surface area contributed by atoms with Crippen LogP contribution in [0.15, 0.2) is 24.3 Å². The van der Waals surface area contributed by atoms with Crippen LogP contribution in [0.4, 0.5) is 5.69 Å². The first-order chi connectivity index (χ1) is 15.3. The number of anilines is 1. The Morgan fingerprint density at radius 1 is 1.03 bits per heavy atom. The molecule has 1 aromatic carbocycles. The number of aromatic amines is 1. The van der Waals surface area contributed by atoms with Gasteiger partial charge in [-0.05, 0) is 50.5 Å². The van der Waals surface area contributed by atoms with Crippen LogP contribution in [-0.4, -0.2) is 39.6 Å². The predicted octanol–water partition coefficient (Wildman–Crippen LogP) is 3.83. The molecule has 0 aliphatic rings. The van der Waals surface area contributed by atoms with Crippen molar-refractivity contribution in [1.82, 2.24) is 15.2 Å². The number of hydrogen-bond acceptors (Lipinski definition) is 8. The monoisotopic (exact) mass is 456 g/mol. The van der Waals surface area contributed by atoms with Gasteiger partial charge < -0.3 is 19.8 Å². The first-order valence-electron chi connectivity index (χ1n) is 10.1. The van der Waals surface area contributed by atoms with E-state index in [0.29, 0.717) is 27.5 Å². The van der Waals surface area contributed by atoms with Gasteiger partial charge in [-0.25, -0.2) is 9.59 Å². The Morgan fingerprint density at radius 2 is 1.75 bits per heavy atom. The molecule has 0 atom stereocenters. The fraction of sp³-hybridized carbons (Fsp3) is 0.318. The van der Waals surface area contributed by atoms with Crippen molar-refractivity contribution in [3.05, 3.63) is 62.4 Å². The van der Waals surface area contributed by atoms with Crippen LogP contribution in [0.25, 0.3) is 0 Å². The van der Waals surface area contributed by atoms with Gasteiger partial charge >= 0.3 is 11.9 Å². The van der Waals surface area contributed by atoms with Crippen molar-refractivity contribution >= 4 is 34.9 Å². The predicted molar refractivity (Wildman–Crippen MR) is 119 cm³/mol. The van der Waals surface area contributed by atoms with Gasteiger partial charge in [-0.2, -0.15) is 0 Å². The lowest BCUT2D eigenvalue weighted by atomic mass is 10.1. The highest BCUT2D eigenvalue weighted by Gasteiger charge is 2.24. The Hall–Kier alpha value is -3.53. The zero-order valence-corrected chi connectivity index (χ0v) is 19.1. The Balaban J connectivity index is 1.61. The number of aromatic nitrogens is 3. The average Bonchev–Trinajstić information content (AvgIpc) is 3.37. The number of esters is 2. The third-order valence-electron chi connectivity index (χ3n) is 4.73. The number of rotatable bonds is 8. The summed E-state index contributed by atoms with van der Waals surface area (Å²) < 4.78 is 10.3. The maximum absolute atomic E-state index is 12.5. The number of amides is 1. The van der Waals surface area contributed by atoms with Gasteiger partial charge in [0.1, 0.15) is 12.3 Å². The highest BCUT2D eigenvalue weighted by atomic mass is 32.1. The van der Waals surface area contributed by atoms with E-state index in [1.54, 1.807) is 20.8 Å². The quantitative estimate of drug-likeness (QED) is 0.494. The van der Waals surface area contributed by atoms with E-state index in [-0.39, 0.29) is 29.8 Å². The second-order valence-corrected chi connectivity index (χ2v) is 7.99. The molecule has 32 heavy (non-hydrogen) atoms. The Bertz CT molecular complexity index is 1130. The van der Waals surface area contributed by atoms with Gasteiger partial charge in [-0.15, -0.1) is 10.2 Å². The van der Waals surface area contributed by atoms with Gasteiger partial charge in [0.2, 0.25) is 5.01 Å². The van der Waals surface area contributed by atoms with Gasteiger partial charge in [0.25, 0.3) is 5.91 Å². The number of carbonyl (C=O) groups is 3. The van der Waals surface area contributed by atoms with Crippen LogP contribution in [0.2, 0.25) is 0 Å². The first-order valence-corrected chi connectivity index (χ1v) is 10.9. The number of benzene rings is 1. The maximum atomic E-state index is 12.5. The number of nitrogens with zero attached hydrogens (tertiary/aromatic N) is 2. The van der Waals surface area contributed by atoms with E-state index < -0.39 is 11.9 Å². The van der Waals surface area contributed by atoms with Crippen LogP contribution < -0.4 is 5.32 Å². The highest BCUT2D eigenvalue weighted by Crippen LogP contribution is 2.21. The zero-order valence-electron chi connectivity index (χ0n) is 18.3. The van der Waals surface area contributed by atoms with Crippen LogP contribution in [-0.2, 0) is 22.5 Å². The van der Waals surface area contributed by atoms with Crippen molar-refractivity contribution < 1.29 is 23.9 Å². The zero-order chi connectivity index (χ0) is 23.3. The molecule has 2 heterocycles. The molecule has 10 heteroatoms. The summed E-state index contributed by atoms with van der Waals surface area (Å²) in [5.41, 5.74) is 3.30. The van der Waals surface area contributed by atoms with E-state index >= 15 is 0 Å². The van der Waals surface area contributed by atoms with Crippen molar-refractivity contribution in [2.45, 2.75) is 40.7 Å². The summed E-state index contributed by atoms with van der Waals surface area (Å²) in [5.74, 6) is -1.53. The van der Waals surface area contributed by atoms with E-state index in [9.17, 15) is 14.4 Å². The Morgan fingerprint density at radius 3 is 2.41 bits per heavy atom. The fourth-order valence-electron chi connectivity index (χ4n) is 3.08. The Labute approximate surface area is 189 Å². The van der Waals surface area contributed by atoms with Crippen LogP contribution in [0.1, 0.15) is 66.3 Å². The number of aryl methyl sites for hydroxylation is 2. The molecule has 3 aromatic rings. The molecule has 0 saturated carbocycles. The van der Waals surface area contributed by atoms with Crippen molar-refractivity contribution in [1.29, 1.82) is 0 Å². The van der Waals surface area contributed by atoms with Crippen LogP contribution >= 0.6 is 11.3 Å². The number of ether oxygens (including phenoxy) is 2. The lowest BCUT2D eigenvalue weighted by Gasteiger charge is -2.04. The molecule has 0 unspecified atom stereocenters. The second kappa shape index (κ2) is 10.2. The van der Waals surface area contributed by atoms with Crippen LogP contribution in [0.5, 0.6) is 0 Å². The standard InChI is InChI=1S/C22H24N4O5S/c1-5-14-7-9-15(10-8-14)24-19(27)20-26-25-16(32-20)11-31-22(29)18-12(3)17(13(4)23-18)21(28)30-6-2/h7-10,23H,5-6,11H2,1-4H3,(H,24,27). The van der Waals surface area contributed by atoms with Gasteiger partial charge in [-0.1, -0.05) is 30.4 Å².